The van der Waals surface area contributed by atoms with Gasteiger partial charge >= 0.3 is 6.18 Å². The summed E-state index contributed by atoms with van der Waals surface area (Å²) < 4.78 is 37.7. The van der Waals surface area contributed by atoms with Crippen LogP contribution in [0, 0.1) is 0 Å². The molecule has 27 heavy (non-hydrogen) atoms. The van der Waals surface area contributed by atoms with Crippen molar-refractivity contribution in [2.45, 2.75) is 6.18 Å². The van der Waals surface area contributed by atoms with E-state index >= 15 is 0 Å². The lowest BCUT2D eigenvalue weighted by molar-refractivity contribution is -0.137. The highest BCUT2D eigenvalue weighted by Crippen LogP contribution is 2.32. The van der Waals surface area contributed by atoms with Gasteiger partial charge in [-0.15, -0.1) is 0 Å². The molecule has 0 bridgehead atoms. The SMILES string of the molecule is CN(CC(=O)NCCNc1ncc(C(F)(F)F)cc1Cl)c1ccc(Cl)cn1. The number of carbonyl (C=O) groups excluding carboxylic acids is 1. The number of rotatable bonds is 7. The number of likely N-dealkylation sites (N-methyl/N-ethyl adjacent to an activating group) is 1. The number of pyridine rings is 2. The number of nitrogens with one attached hydrogen (secondary N) is 2. The second kappa shape index (κ2) is 9.09. The zero-order chi connectivity index (χ0) is 20.0. The number of amides is 1. The van der Waals surface area contributed by atoms with Crippen LogP contribution in [-0.4, -0.2) is 42.6 Å². The van der Waals surface area contributed by atoms with Crippen LogP contribution in [0.5, 0.6) is 0 Å². The Morgan fingerprint density at radius 3 is 2.52 bits per heavy atom. The van der Waals surface area contributed by atoms with E-state index in [0.717, 1.165) is 6.07 Å². The standard InChI is InChI=1S/C16H16Cl2F3N5O/c1-26(13-3-2-11(17)8-24-13)9-14(27)22-4-5-23-15-12(18)6-10(7-25-15)16(19,20)21/h2-3,6-8H,4-5,9H2,1H3,(H,22,27)(H,23,25). The van der Waals surface area contributed by atoms with Crippen molar-refractivity contribution in [1.29, 1.82) is 0 Å². The van der Waals surface area contributed by atoms with Crippen LogP contribution in [0.4, 0.5) is 24.8 Å². The molecule has 0 unspecified atom stereocenters. The lowest BCUT2D eigenvalue weighted by atomic mass is 10.3. The molecule has 0 fully saturated rings. The van der Waals surface area contributed by atoms with Gasteiger partial charge in [-0.25, -0.2) is 9.97 Å². The van der Waals surface area contributed by atoms with Gasteiger partial charge in [0.25, 0.3) is 0 Å². The van der Waals surface area contributed by atoms with Crippen molar-refractivity contribution in [3.8, 4) is 0 Å². The molecule has 1 amide bonds. The van der Waals surface area contributed by atoms with E-state index in [9.17, 15) is 18.0 Å². The van der Waals surface area contributed by atoms with E-state index in [1.807, 2.05) is 0 Å². The summed E-state index contributed by atoms with van der Waals surface area (Å²) in [5.41, 5.74) is -0.926. The summed E-state index contributed by atoms with van der Waals surface area (Å²) >= 11 is 11.6. The average Bonchev–Trinajstić information content (AvgIpc) is 2.59. The Kier molecular flexibility index (Phi) is 7.09. The number of hydrogen-bond donors (Lipinski definition) is 2. The van der Waals surface area contributed by atoms with Gasteiger partial charge in [0, 0.05) is 32.5 Å². The van der Waals surface area contributed by atoms with Crippen LogP contribution in [0.3, 0.4) is 0 Å². The average molecular weight is 422 g/mol. The first-order valence-corrected chi connectivity index (χ1v) is 8.48. The van der Waals surface area contributed by atoms with Crippen LogP contribution in [0.15, 0.2) is 30.6 Å². The first-order valence-electron chi connectivity index (χ1n) is 7.73. The summed E-state index contributed by atoms with van der Waals surface area (Å²) in [6, 6.07) is 4.15. The highest BCUT2D eigenvalue weighted by Gasteiger charge is 2.31. The maximum atomic E-state index is 12.6. The third-order valence-corrected chi connectivity index (χ3v) is 3.90. The fourth-order valence-electron chi connectivity index (χ4n) is 2.05. The van der Waals surface area contributed by atoms with E-state index in [1.54, 1.807) is 24.1 Å². The quantitative estimate of drug-likeness (QED) is 0.669. The predicted molar refractivity (Wildman–Crippen MR) is 98.3 cm³/mol. The van der Waals surface area contributed by atoms with E-state index in [-0.39, 0.29) is 36.4 Å². The van der Waals surface area contributed by atoms with Crippen LogP contribution in [-0.2, 0) is 11.0 Å². The summed E-state index contributed by atoms with van der Waals surface area (Å²) in [4.78, 5) is 21.3. The minimum atomic E-state index is -4.51. The lowest BCUT2D eigenvalue weighted by Gasteiger charge is -2.17. The van der Waals surface area contributed by atoms with Crippen molar-refractivity contribution in [1.82, 2.24) is 15.3 Å². The largest absolute Gasteiger partial charge is 0.417 e. The summed E-state index contributed by atoms with van der Waals surface area (Å²) in [7, 11) is 1.71. The molecule has 2 rings (SSSR count). The lowest BCUT2D eigenvalue weighted by Crippen LogP contribution is -2.37. The highest BCUT2D eigenvalue weighted by molar-refractivity contribution is 6.33. The predicted octanol–water partition coefficient (Wildman–Crippen LogP) is 3.47. The molecular weight excluding hydrogens is 406 g/mol. The highest BCUT2D eigenvalue weighted by atomic mass is 35.5. The summed E-state index contributed by atoms with van der Waals surface area (Å²) in [5.74, 6) is 0.456. The third-order valence-electron chi connectivity index (χ3n) is 3.39. The molecule has 0 aliphatic heterocycles. The Morgan fingerprint density at radius 1 is 1.19 bits per heavy atom. The van der Waals surface area contributed by atoms with Crippen molar-refractivity contribution in [2.24, 2.45) is 0 Å². The van der Waals surface area contributed by atoms with Gasteiger partial charge in [0.15, 0.2) is 0 Å². The molecule has 0 aliphatic rings. The Hall–Kier alpha value is -2.26. The van der Waals surface area contributed by atoms with E-state index in [1.165, 1.54) is 6.20 Å². The summed E-state index contributed by atoms with van der Waals surface area (Å²) in [6.45, 7) is 0.556. The fraction of sp³-hybridized carbons (Fsp3) is 0.312. The smallest absolute Gasteiger partial charge is 0.367 e. The van der Waals surface area contributed by atoms with Crippen LogP contribution in [0.2, 0.25) is 10.0 Å². The van der Waals surface area contributed by atoms with Gasteiger partial charge in [-0.3, -0.25) is 4.79 Å². The molecule has 0 aromatic carbocycles. The Bertz CT molecular complexity index is 787. The van der Waals surface area contributed by atoms with Gasteiger partial charge in [-0.05, 0) is 18.2 Å². The maximum absolute atomic E-state index is 12.6. The second-order valence-corrected chi connectivity index (χ2v) is 6.36. The van der Waals surface area contributed by atoms with E-state index in [2.05, 4.69) is 20.6 Å². The van der Waals surface area contributed by atoms with Gasteiger partial charge in [0.05, 0.1) is 22.2 Å². The zero-order valence-corrected chi connectivity index (χ0v) is 15.7. The number of carbonyl (C=O) groups is 1. The molecule has 0 saturated carbocycles. The first-order chi connectivity index (χ1) is 12.7. The zero-order valence-electron chi connectivity index (χ0n) is 14.1. The van der Waals surface area contributed by atoms with Crippen molar-refractivity contribution in [3.63, 3.8) is 0 Å². The number of alkyl halides is 3. The molecule has 6 nitrogen and oxygen atoms in total. The molecule has 2 N–H and O–H groups in total. The van der Waals surface area contributed by atoms with Crippen LogP contribution >= 0.6 is 23.2 Å². The van der Waals surface area contributed by atoms with E-state index in [0.29, 0.717) is 17.0 Å². The van der Waals surface area contributed by atoms with Crippen LogP contribution in [0.25, 0.3) is 0 Å². The van der Waals surface area contributed by atoms with Crippen LogP contribution in [0.1, 0.15) is 5.56 Å². The minimum absolute atomic E-state index is 0.0773. The number of nitrogens with zero attached hydrogens (tertiary/aromatic N) is 3. The number of anilines is 2. The summed E-state index contributed by atoms with van der Waals surface area (Å²) in [5, 5.41) is 5.79. The monoisotopic (exact) mass is 421 g/mol. The molecule has 2 aromatic heterocycles. The fourth-order valence-corrected chi connectivity index (χ4v) is 2.40. The van der Waals surface area contributed by atoms with Crippen molar-refractivity contribution in [2.75, 3.05) is 36.9 Å². The molecule has 0 spiro atoms. The van der Waals surface area contributed by atoms with Gasteiger partial charge < -0.3 is 15.5 Å². The van der Waals surface area contributed by atoms with Gasteiger partial charge in [0.2, 0.25) is 5.91 Å². The Labute approximate surface area is 163 Å². The molecule has 2 heterocycles. The topological polar surface area (TPSA) is 70.2 Å². The summed E-state index contributed by atoms with van der Waals surface area (Å²) in [6.07, 6.45) is -2.33. The van der Waals surface area contributed by atoms with Gasteiger partial charge in [-0.1, -0.05) is 23.2 Å². The van der Waals surface area contributed by atoms with E-state index < -0.39 is 11.7 Å². The molecule has 0 atom stereocenters. The van der Waals surface area contributed by atoms with Gasteiger partial charge in [-0.2, -0.15) is 13.2 Å². The van der Waals surface area contributed by atoms with Gasteiger partial charge in [0.1, 0.15) is 11.6 Å². The molecular formula is C16H16Cl2F3N5O. The third kappa shape index (κ3) is 6.44. The molecule has 0 aliphatic carbocycles. The minimum Gasteiger partial charge on any atom is -0.367 e. The molecule has 0 radical (unpaired) electrons. The number of halogens is 5. The number of aromatic nitrogens is 2. The number of hydrogen-bond acceptors (Lipinski definition) is 5. The Balaban J connectivity index is 1.76. The maximum Gasteiger partial charge on any atom is 0.417 e. The normalized spacial score (nSPS) is 11.2. The molecule has 0 saturated heterocycles. The molecule has 2 aromatic rings. The van der Waals surface area contributed by atoms with Crippen molar-refractivity contribution in [3.05, 3.63) is 46.2 Å². The first kappa shape index (κ1) is 21.0. The second-order valence-electron chi connectivity index (χ2n) is 5.52. The van der Waals surface area contributed by atoms with Crippen molar-refractivity contribution >= 4 is 40.7 Å². The van der Waals surface area contributed by atoms with Crippen molar-refractivity contribution < 1.29 is 18.0 Å². The molecule has 11 heteroatoms. The van der Waals surface area contributed by atoms with Crippen LogP contribution < -0.4 is 15.5 Å². The Morgan fingerprint density at radius 2 is 1.93 bits per heavy atom. The molecule has 146 valence electrons. The van der Waals surface area contributed by atoms with E-state index in [4.69, 9.17) is 23.2 Å².